The Hall–Kier alpha value is -0.130. The Morgan fingerprint density at radius 2 is 1.64 bits per heavy atom. The summed E-state index contributed by atoms with van der Waals surface area (Å²) < 4.78 is 25.6. The molecule has 11 heavy (non-hydrogen) atoms. The minimum atomic E-state index is -3.11. The third kappa shape index (κ3) is 1.72. The van der Waals surface area contributed by atoms with Crippen LogP contribution in [-0.4, -0.2) is 44.2 Å². The van der Waals surface area contributed by atoms with Gasteiger partial charge in [0.25, 0.3) is 10.2 Å². The Balaban J connectivity index is 2.72. The third-order valence-corrected chi connectivity index (χ3v) is 3.79. The predicted molar refractivity (Wildman–Crippen MR) is 43.4 cm³/mol. The van der Waals surface area contributed by atoms with E-state index in [0.717, 1.165) is 12.8 Å². The molecule has 0 bridgehead atoms. The van der Waals surface area contributed by atoms with Crippen molar-refractivity contribution >= 4 is 10.2 Å². The van der Waals surface area contributed by atoms with Gasteiger partial charge in [0.05, 0.1) is 0 Å². The van der Waals surface area contributed by atoms with Crippen LogP contribution in [-0.2, 0) is 10.2 Å². The van der Waals surface area contributed by atoms with Gasteiger partial charge in [0, 0.05) is 27.2 Å². The molecular weight excluding hydrogens is 164 g/mol. The van der Waals surface area contributed by atoms with Crippen LogP contribution in [0.15, 0.2) is 0 Å². The SMILES string of the molecule is CN(C)S(=O)(=O)N1CCCC1. The van der Waals surface area contributed by atoms with Gasteiger partial charge < -0.3 is 0 Å². The molecule has 1 aliphatic rings. The molecule has 5 heteroatoms. The van der Waals surface area contributed by atoms with E-state index in [1.165, 1.54) is 8.61 Å². The summed E-state index contributed by atoms with van der Waals surface area (Å²) in [6, 6.07) is 0. The zero-order valence-electron chi connectivity index (χ0n) is 6.95. The van der Waals surface area contributed by atoms with Gasteiger partial charge in [0.1, 0.15) is 0 Å². The van der Waals surface area contributed by atoms with E-state index in [-0.39, 0.29) is 0 Å². The van der Waals surface area contributed by atoms with Crippen molar-refractivity contribution in [3.05, 3.63) is 0 Å². The maximum Gasteiger partial charge on any atom is 0.281 e. The molecule has 1 aliphatic heterocycles. The first-order valence-corrected chi connectivity index (χ1v) is 5.12. The van der Waals surface area contributed by atoms with Crippen molar-refractivity contribution in [3.8, 4) is 0 Å². The highest BCUT2D eigenvalue weighted by atomic mass is 32.2. The van der Waals surface area contributed by atoms with Crippen LogP contribution in [0.3, 0.4) is 0 Å². The van der Waals surface area contributed by atoms with E-state index in [1.54, 1.807) is 14.1 Å². The van der Waals surface area contributed by atoms with E-state index in [1.807, 2.05) is 0 Å². The lowest BCUT2D eigenvalue weighted by atomic mass is 10.4. The number of nitrogens with zero attached hydrogens (tertiary/aromatic N) is 2. The molecule has 0 aromatic carbocycles. The summed E-state index contributed by atoms with van der Waals surface area (Å²) in [4.78, 5) is 0. The van der Waals surface area contributed by atoms with Gasteiger partial charge in [-0.3, -0.25) is 0 Å². The van der Waals surface area contributed by atoms with Crippen LogP contribution in [0.1, 0.15) is 12.8 Å². The number of rotatable bonds is 2. The molecule has 0 spiro atoms. The highest BCUT2D eigenvalue weighted by Crippen LogP contribution is 2.13. The Morgan fingerprint density at radius 1 is 1.18 bits per heavy atom. The van der Waals surface area contributed by atoms with Crippen LogP contribution in [0.5, 0.6) is 0 Å². The van der Waals surface area contributed by atoms with E-state index in [4.69, 9.17) is 0 Å². The zero-order valence-corrected chi connectivity index (χ0v) is 7.76. The minimum Gasteiger partial charge on any atom is -0.195 e. The van der Waals surface area contributed by atoms with Crippen molar-refractivity contribution in [1.29, 1.82) is 0 Å². The monoisotopic (exact) mass is 178 g/mol. The summed E-state index contributed by atoms with van der Waals surface area (Å²) in [5.41, 5.74) is 0. The predicted octanol–water partition coefficient (Wildman–Crippen LogP) is -0.111. The number of hydrogen-bond donors (Lipinski definition) is 0. The molecule has 0 saturated carbocycles. The van der Waals surface area contributed by atoms with Gasteiger partial charge in [-0.2, -0.15) is 17.0 Å². The Bertz CT molecular complexity index is 217. The van der Waals surface area contributed by atoms with E-state index in [0.29, 0.717) is 13.1 Å². The first-order valence-electron chi connectivity index (χ1n) is 3.73. The highest BCUT2D eigenvalue weighted by molar-refractivity contribution is 7.86. The molecule has 0 amide bonds. The molecular formula is C6H14N2O2S. The van der Waals surface area contributed by atoms with E-state index in [9.17, 15) is 8.42 Å². The molecule has 0 aromatic heterocycles. The van der Waals surface area contributed by atoms with E-state index in [2.05, 4.69) is 0 Å². The van der Waals surface area contributed by atoms with Crippen molar-refractivity contribution in [2.75, 3.05) is 27.2 Å². The fraction of sp³-hybridized carbons (Fsp3) is 1.00. The van der Waals surface area contributed by atoms with Crippen molar-refractivity contribution < 1.29 is 8.42 Å². The quantitative estimate of drug-likeness (QED) is 0.592. The summed E-state index contributed by atoms with van der Waals surface area (Å²) in [6.45, 7) is 1.36. The van der Waals surface area contributed by atoms with Crippen molar-refractivity contribution in [2.24, 2.45) is 0 Å². The first kappa shape index (κ1) is 8.96. The summed E-state index contributed by atoms with van der Waals surface area (Å²) in [5, 5.41) is 0. The zero-order chi connectivity index (χ0) is 8.48. The molecule has 4 nitrogen and oxygen atoms in total. The van der Waals surface area contributed by atoms with Crippen LogP contribution in [0.25, 0.3) is 0 Å². The summed E-state index contributed by atoms with van der Waals surface area (Å²) >= 11 is 0. The number of hydrogen-bond acceptors (Lipinski definition) is 2. The largest absolute Gasteiger partial charge is 0.281 e. The molecule has 1 rings (SSSR count). The van der Waals surface area contributed by atoms with Gasteiger partial charge in [-0.1, -0.05) is 0 Å². The highest BCUT2D eigenvalue weighted by Gasteiger charge is 2.26. The molecule has 1 fully saturated rings. The molecule has 66 valence electrons. The van der Waals surface area contributed by atoms with Gasteiger partial charge in [0.2, 0.25) is 0 Å². The normalized spacial score (nSPS) is 21.4. The fourth-order valence-corrected chi connectivity index (χ4v) is 2.33. The first-order chi connectivity index (χ1) is 5.05. The van der Waals surface area contributed by atoms with Gasteiger partial charge in [-0.05, 0) is 12.8 Å². The van der Waals surface area contributed by atoms with Crippen LogP contribution in [0, 0.1) is 0 Å². The Labute approximate surface area is 68.0 Å². The Morgan fingerprint density at radius 3 is 2.00 bits per heavy atom. The minimum absolute atomic E-state index is 0.681. The second kappa shape index (κ2) is 3.08. The van der Waals surface area contributed by atoms with E-state index < -0.39 is 10.2 Å². The average molecular weight is 178 g/mol. The lowest BCUT2D eigenvalue weighted by molar-refractivity contribution is 0.422. The average Bonchev–Trinajstić information content (AvgIpc) is 2.37. The van der Waals surface area contributed by atoms with Gasteiger partial charge >= 0.3 is 0 Å². The second-order valence-electron chi connectivity index (χ2n) is 2.90. The summed E-state index contributed by atoms with van der Waals surface area (Å²) in [7, 11) is 0.0163. The lowest BCUT2D eigenvalue weighted by Crippen LogP contribution is -2.37. The molecule has 0 aliphatic carbocycles. The summed E-state index contributed by atoms with van der Waals surface area (Å²) in [6.07, 6.45) is 1.99. The van der Waals surface area contributed by atoms with Crippen molar-refractivity contribution in [2.45, 2.75) is 12.8 Å². The van der Waals surface area contributed by atoms with Crippen LogP contribution in [0.4, 0.5) is 0 Å². The maximum atomic E-state index is 11.4. The lowest BCUT2D eigenvalue weighted by Gasteiger charge is -2.19. The molecule has 0 radical (unpaired) electrons. The standard InChI is InChI=1S/C6H14N2O2S/c1-7(2)11(9,10)8-5-3-4-6-8/h3-6H2,1-2H3. The van der Waals surface area contributed by atoms with Gasteiger partial charge in [-0.25, -0.2) is 0 Å². The maximum absolute atomic E-state index is 11.4. The van der Waals surface area contributed by atoms with E-state index >= 15 is 0 Å². The fourth-order valence-electron chi connectivity index (χ4n) is 1.15. The van der Waals surface area contributed by atoms with Gasteiger partial charge in [-0.15, -0.1) is 0 Å². The van der Waals surface area contributed by atoms with Gasteiger partial charge in [0.15, 0.2) is 0 Å². The molecule has 1 heterocycles. The van der Waals surface area contributed by atoms with Crippen LogP contribution >= 0.6 is 0 Å². The molecule has 0 aromatic rings. The summed E-state index contributed by atoms with van der Waals surface area (Å²) in [5.74, 6) is 0. The van der Waals surface area contributed by atoms with Crippen LogP contribution in [0.2, 0.25) is 0 Å². The van der Waals surface area contributed by atoms with Crippen LogP contribution < -0.4 is 0 Å². The smallest absolute Gasteiger partial charge is 0.195 e. The van der Waals surface area contributed by atoms with Crippen molar-refractivity contribution in [3.63, 3.8) is 0 Å². The molecule has 0 atom stereocenters. The third-order valence-electron chi connectivity index (χ3n) is 1.85. The van der Waals surface area contributed by atoms with Crippen molar-refractivity contribution in [1.82, 2.24) is 8.61 Å². The topological polar surface area (TPSA) is 40.6 Å². The second-order valence-corrected chi connectivity index (χ2v) is 5.04. The Kier molecular flexibility index (Phi) is 2.51. The molecule has 1 saturated heterocycles. The molecule has 0 N–H and O–H groups in total. The molecule has 0 unspecified atom stereocenters.